The molecule has 110 valence electrons. The fourth-order valence-electron chi connectivity index (χ4n) is 2.10. The summed E-state index contributed by atoms with van der Waals surface area (Å²) in [6.07, 6.45) is 0.942. The summed E-state index contributed by atoms with van der Waals surface area (Å²) in [6.45, 7) is 5.52. The number of rotatable bonds is 4. The molecule has 1 aliphatic rings. The summed E-state index contributed by atoms with van der Waals surface area (Å²) in [7, 11) is 0. The van der Waals surface area contributed by atoms with E-state index >= 15 is 0 Å². The van der Waals surface area contributed by atoms with Gasteiger partial charge in [0, 0.05) is 23.9 Å². The van der Waals surface area contributed by atoms with Crippen LogP contribution in [0.25, 0.3) is 0 Å². The lowest BCUT2D eigenvalue weighted by atomic mass is 10.1. The number of hydrogen-bond donors (Lipinski definition) is 3. The average molecular weight is 298 g/mol. The van der Waals surface area contributed by atoms with Crippen LogP contribution in [0, 0.1) is 19.8 Å². The van der Waals surface area contributed by atoms with Gasteiger partial charge in [0.1, 0.15) is 5.00 Å². The highest BCUT2D eigenvalue weighted by Gasteiger charge is 2.21. The number of carboxylic acid groups (broad SMARTS) is 1. The molecule has 0 spiro atoms. The zero-order valence-corrected chi connectivity index (χ0v) is 12.3. The van der Waals surface area contributed by atoms with E-state index in [4.69, 9.17) is 4.74 Å². The van der Waals surface area contributed by atoms with Crippen molar-refractivity contribution < 1.29 is 19.4 Å². The summed E-state index contributed by atoms with van der Waals surface area (Å²) in [5, 5.41) is 15.0. The normalized spacial score (nSPS) is 18.0. The molecule has 6 nitrogen and oxygen atoms in total. The Hall–Kier alpha value is -1.60. The van der Waals surface area contributed by atoms with Crippen LogP contribution in [0.15, 0.2) is 0 Å². The van der Waals surface area contributed by atoms with E-state index in [0.29, 0.717) is 29.6 Å². The number of urea groups is 1. The predicted molar refractivity (Wildman–Crippen MR) is 76.7 cm³/mol. The number of amides is 2. The molecule has 2 heterocycles. The van der Waals surface area contributed by atoms with Crippen molar-refractivity contribution in [1.82, 2.24) is 5.32 Å². The van der Waals surface area contributed by atoms with Crippen molar-refractivity contribution in [3.8, 4) is 0 Å². The van der Waals surface area contributed by atoms with Gasteiger partial charge in [-0.15, -0.1) is 11.3 Å². The van der Waals surface area contributed by atoms with Gasteiger partial charge < -0.3 is 15.2 Å². The van der Waals surface area contributed by atoms with E-state index in [2.05, 4.69) is 10.6 Å². The third-order valence-electron chi connectivity index (χ3n) is 3.40. The van der Waals surface area contributed by atoms with Gasteiger partial charge in [-0.2, -0.15) is 0 Å². The topological polar surface area (TPSA) is 87.7 Å². The van der Waals surface area contributed by atoms with Crippen molar-refractivity contribution in [2.24, 2.45) is 5.92 Å². The quantitative estimate of drug-likeness (QED) is 0.795. The van der Waals surface area contributed by atoms with Crippen LogP contribution < -0.4 is 10.6 Å². The van der Waals surface area contributed by atoms with Crippen LogP contribution in [0.1, 0.15) is 27.2 Å². The minimum absolute atomic E-state index is 0.173. The Morgan fingerprint density at radius 1 is 1.45 bits per heavy atom. The monoisotopic (exact) mass is 298 g/mol. The summed E-state index contributed by atoms with van der Waals surface area (Å²) in [5.41, 5.74) is 0.869. The van der Waals surface area contributed by atoms with Gasteiger partial charge in [-0.1, -0.05) is 0 Å². The average Bonchev–Trinajstić information content (AvgIpc) is 2.96. The fourth-order valence-corrected chi connectivity index (χ4v) is 3.15. The molecule has 1 unspecified atom stereocenters. The highest BCUT2D eigenvalue weighted by Crippen LogP contribution is 2.32. The number of carbonyl (C=O) groups is 2. The second kappa shape index (κ2) is 6.23. The Bertz CT molecular complexity index is 521. The second-order valence-electron chi connectivity index (χ2n) is 4.86. The maximum Gasteiger partial charge on any atom is 0.338 e. The zero-order chi connectivity index (χ0) is 14.7. The molecule has 0 aromatic carbocycles. The number of nitrogens with one attached hydrogen (secondary N) is 2. The highest BCUT2D eigenvalue weighted by molar-refractivity contribution is 7.16. The fraction of sp³-hybridized carbons (Fsp3) is 0.538. The van der Waals surface area contributed by atoms with E-state index in [9.17, 15) is 14.7 Å². The molecule has 0 saturated carbocycles. The number of carbonyl (C=O) groups excluding carboxylic acids is 1. The van der Waals surface area contributed by atoms with Gasteiger partial charge in [0.2, 0.25) is 0 Å². The Morgan fingerprint density at radius 3 is 2.80 bits per heavy atom. The maximum atomic E-state index is 11.8. The van der Waals surface area contributed by atoms with Crippen molar-refractivity contribution in [1.29, 1.82) is 0 Å². The van der Waals surface area contributed by atoms with Crippen LogP contribution in [-0.2, 0) is 4.74 Å². The maximum absolute atomic E-state index is 11.8. The van der Waals surface area contributed by atoms with Gasteiger partial charge in [-0.3, -0.25) is 5.32 Å². The predicted octanol–water partition coefficient (Wildman–Crippen LogP) is 2.22. The summed E-state index contributed by atoms with van der Waals surface area (Å²) in [6, 6.07) is -0.374. The first-order valence-electron chi connectivity index (χ1n) is 6.45. The van der Waals surface area contributed by atoms with E-state index in [-0.39, 0.29) is 11.6 Å². The van der Waals surface area contributed by atoms with Gasteiger partial charge >= 0.3 is 12.0 Å². The molecular weight excluding hydrogens is 280 g/mol. The molecule has 0 radical (unpaired) electrons. The standard InChI is InChI=1S/C13H18N2O4S/c1-7-8(2)20-11(10(7)12(16)17)15-13(18)14-5-9-3-4-19-6-9/h9H,3-6H2,1-2H3,(H,16,17)(H2,14,15,18). The van der Waals surface area contributed by atoms with E-state index in [1.54, 1.807) is 6.92 Å². The Morgan fingerprint density at radius 2 is 2.20 bits per heavy atom. The van der Waals surface area contributed by atoms with Crippen molar-refractivity contribution in [3.63, 3.8) is 0 Å². The van der Waals surface area contributed by atoms with Gasteiger partial charge in [-0.05, 0) is 25.8 Å². The molecule has 2 rings (SSSR count). The summed E-state index contributed by atoms with van der Waals surface area (Å²) in [4.78, 5) is 23.9. The minimum atomic E-state index is -1.02. The number of thiophene rings is 1. The number of aryl methyl sites for hydroxylation is 1. The lowest BCUT2D eigenvalue weighted by molar-refractivity contribution is 0.0697. The molecule has 1 fully saturated rings. The Labute approximate surface area is 121 Å². The Kier molecular flexibility index (Phi) is 4.61. The summed E-state index contributed by atoms with van der Waals surface area (Å²) >= 11 is 1.28. The molecule has 20 heavy (non-hydrogen) atoms. The van der Waals surface area contributed by atoms with E-state index in [1.807, 2.05) is 6.92 Å². The second-order valence-corrected chi connectivity index (χ2v) is 6.08. The molecule has 1 aliphatic heterocycles. The van der Waals surface area contributed by atoms with Crippen molar-refractivity contribution in [2.75, 3.05) is 25.1 Å². The van der Waals surface area contributed by atoms with E-state index in [0.717, 1.165) is 17.9 Å². The van der Waals surface area contributed by atoms with Gasteiger partial charge in [-0.25, -0.2) is 9.59 Å². The first kappa shape index (κ1) is 14.8. The number of ether oxygens (including phenoxy) is 1. The molecule has 0 aliphatic carbocycles. The molecule has 7 heteroatoms. The molecule has 1 aromatic heterocycles. The van der Waals surface area contributed by atoms with Crippen LogP contribution in [0.4, 0.5) is 9.80 Å². The first-order chi connectivity index (χ1) is 9.49. The van der Waals surface area contributed by atoms with Crippen LogP contribution >= 0.6 is 11.3 Å². The molecule has 1 aromatic rings. The van der Waals surface area contributed by atoms with E-state index < -0.39 is 5.97 Å². The smallest absolute Gasteiger partial charge is 0.338 e. The van der Waals surface area contributed by atoms with Crippen LogP contribution in [0.3, 0.4) is 0 Å². The highest BCUT2D eigenvalue weighted by atomic mass is 32.1. The molecular formula is C13H18N2O4S. The van der Waals surface area contributed by atoms with Crippen LogP contribution in [0.2, 0.25) is 0 Å². The lowest BCUT2D eigenvalue weighted by Crippen LogP contribution is -2.33. The molecule has 1 atom stereocenters. The van der Waals surface area contributed by atoms with Crippen molar-refractivity contribution >= 4 is 28.3 Å². The van der Waals surface area contributed by atoms with E-state index in [1.165, 1.54) is 11.3 Å². The summed E-state index contributed by atoms with van der Waals surface area (Å²) < 4.78 is 5.23. The number of anilines is 1. The molecule has 0 bridgehead atoms. The van der Waals surface area contributed by atoms with Crippen LogP contribution in [0.5, 0.6) is 0 Å². The number of carboxylic acids is 1. The largest absolute Gasteiger partial charge is 0.478 e. The van der Waals surface area contributed by atoms with Gasteiger partial charge in [0.05, 0.1) is 12.2 Å². The third-order valence-corrected chi connectivity index (χ3v) is 4.52. The third kappa shape index (κ3) is 3.29. The van der Waals surface area contributed by atoms with Crippen molar-refractivity contribution in [3.05, 3.63) is 16.0 Å². The molecule has 2 amide bonds. The SMILES string of the molecule is Cc1sc(NC(=O)NCC2CCOC2)c(C(=O)O)c1C. The zero-order valence-electron chi connectivity index (χ0n) is 11.5. The Balaban J connectivity index is 1.96. The molecule has 1 saturated heterocycles. The lowest BCUT2D eigenvalue weighted by Gasteiger charge is -2.10. The minimum Gasteiger partial charge on any atom is -0.478 e. The van der Waals surface area contributed by atoms with Crippen LogP contribution in [-0.4, -0.2) is 36.9 Å². The summed E-state index contributed by atoms with van der Waals surface area (Å²) in [5.74, 6) is -0.683. The molecule has 3 N–H and O–H groups in total. The number of hydrogen-bond acceptors (Lipinski definition) is 4. The van der Waals surface area contributed by atoms with Gasteiger partial charge in [0.15, 0.2) is 0 Å². The first-order valence-corrected chi connectivity index (χ1v) is 7.26. The van der Waals surface area contributed by atoms with Gasteiger partial charge in [0.25, 0.3) is 0 Å². The van der Waals surface area contributed by atoms with Crippen molar-refractivity contribution in [2.45, 2.75) is 20.3 Å². The number of aromatic carboxylic acids is 1.